The number of carbonyl (C=O) groups excluding carboxylic acids is 4. The zero-order chi connectivity index (χ0) is 34.3. The quantitative estimate of drug-likeness (QED) is 0.297. The van der Waals surface area contributed by atoms with Gasteiger partial charge in [0, 0.05) is 30.1 Å². The third kappa shape index (κ3) is 8.26. The number of imide groups is 1. The van der Waals surface area contributed by atoms with Gasteiger partial charge >= 0.3 is 18.1 Å². The van der Waals surface area contributed by atoms with Crippen LogP contribution in [0.4, 0.5) is 9.59 Å². The Bertz CT molecular complexity index is 1410. The van der Waals surface area contributed by atoms with Gasteiger partial charge in [0.15, 0.2) is 0 Å². The molecule has 0 saturated carbocycles. The van der Waals surface area contributed by atoms with Gasteiger partial charge in [0.2, 0.25) is 11.8 Å². The van der Waals surface area contributed by atoms with E-state index in [-0.39, 0.29) is 37.3 Å². The Morgan fingerprint density at radius 2 is 1.78 bits per heavy atom. The van der Waals surface area contributed by atoms with Gasteiger partial charge in [-0.25, -0.2) is 19.3 Å². The normalized spacial score (nSPS) is 18.6. The van der Waals surface area contributed by atoms with Crippen molar-refractivity contribution in [2.24, 2.45) is 11.7 Å². The number of urea groups is 1. The minimum Gasteiger partial charge on any atom is -0.480 e. The van der Waals surface area contributed by atoms with Gasteiger partial charge in [0.25, 0.3) is 0 Å². The van der Waals surface area contributed by atoms with Crippen LogP contribution in [0.15, 0.2) is 24.4 Å². The summed E-state index contributed by atoms with van der Waals surface area (Å²) in [7, 11) is 1.26. The Morgan fingerprint density at radius 1 is 1.13 bits per heavy atom. The molecule has 1 aromatic carbocycles. The number of likely N-dealkylation sites (tertiary alicyclic amines) is 1. The molecule has 254 valence electrons. The van der Waals surface area contributed by atoms with Gasteiger partial charge < -0.3 is 25.8 Å². The van der Waals surface area contributed by atoms with Crippen LogP contribution in [0.3, 0.4) is 0 Å². The third-order valence-corrected chi connectivity index (χ3v) is 8.87. The van der Waals surface area contributed by atoms with Crippen molar-refractivity contribution in [1.82, 2.24) is 19.7 Å². The molecule has 0 radical (unpaired) electrons. The number of methoxy groups -OCH3 is 1. The number of para-hydroxylation sites is 1. The fraction of sp³-hybridized carbons (Fsp3) is 0.618. The van der Waals surface area contributed by atoms with Gasteiger partial charge in [0.05, 0.1) is 18.7 Å². The van der Waals surface area contributed by atoms with Gasteiger partial charge in [-0.1, -0.05) is 51.8 Å². The zero-order valence-corrected chi connectivity index (χ0v) is 28.2. The van der Waals surface area contributed by atoms with E-state index in [2.05, 4.69) is 5.32 Å². The van der Waals surface area contributed by atoms with Crippen molar-refractivity contribution in [2.75, 3.05) is 7.11 Å². The molecule has 0 spiro atoms. The van der Waals surface area contributed by atoms with Crippen LogP contribution >= 0.6 is 0 Å². The molecule has 5 atom stereocenters. The first-order valence-corrected chi connectivity index (χ1v) is 16.3. The highest BCUT2D eigenvalue weighted by Gasteiger charge is 2.43. The Balaban J connectivity index is 2.24. The fourth-order valence-electron chi connectivity index (χ4n) is 6.47. The summed E-state index contributed by atoms with van der Waals surface area (Å²) >= 11 is 0. The maximum Gasteiger partial charge on any atom is 0.418 e. The van der Waals surface area contributed by atoms with Crippen molar-refractivity contribution < 1.29 is 33.8 Å². The number of aliphatic carboxylic acids is 1. The van der Waals surface area contributed by atoms with Crippen LogP contribution in [0.1, 0.15) is 90.7 Å². The van der Waals surface area contributed by atoms with E-state index in [1.807, 2.05) is 53.7 Å². The Hall–Kier alpha value is -3.93. The maximum atomic E-state index is 14.6. The molecule has 1 aromatic heterocycles. The predicted octanol–water partition coefficient (Wildman–Crippen LogP) is 4.82. The lowest BCUT2D eigenvalue weighted by molar-refractivity contribution is -0.144. The van der Waals surface area contributed by atoms with Crippen molar-refractivity contribution in [1.29, 1.82) is 0 Å². The molecule has 0 bridgehead atoms. The second kappa shape index (κ2) is 16.1. The molecular weight excluding hydrogens is 590 g/mol. The Kier molecular flexibility index (Phi) is 12.8. The van der Waals surface area contributed by atoms with E-state index in [4.69, 9.17) is 10.5 Å². The van der Waals surface area contributed by atoms with Gasteiger partial charge in [-0.2, -0.15) is 0 Å². The van der Waals surface area contributed by atoms with Crippen molar-refractivity contribution in [3.63, 3.8) is 0 Å². The molecular formula is C34H51N5O7. The van der Waals surface area contributed by atoms with E-state index < -0.39 is 48.0 Å². The van der Waals surface area contributed by atoms with E-state index in [0.29, 0.717) is 29.3 Å². The molecule has 1 fully saturated rings. The van der Waals surface area contributed by atoms with Crippen LogP contribution in [0.2, 0.25) is 0 Å². The van der Waals surface area contributed by atoms with Crippen molar-refractivity contribution in [3.8, 4) is 0 Å². The molecule has 4 N–H and O–H groups in total. The second-order valence-corrected chi connectivity index (χ2v) is 13.0. The average Bonchev–Trinajstić information content (AvgIpc) is 3.37. The summed E-state index contributed by atoms with van der Waals surface area (Å²) in [4.78, 5) is 70.7. The number of ether oxygens (including phenoxy) is 1. The summed E-state index contributed by atoms with van der Waals surface area (Å²) in [6.07, 6.45) is 4.83. The minimum absolute atomic E-state index is 0.0301. The number of amides is 4. The number of hydrogen-bond acceptors (Lipinski definition) is 7. The van der Waals surface area contributed by atoms with Gasteiger partial charge in [-0.3, -0.25) is 14.2 Å². The molecule has 1 aliphatic heterocycles. The number of fused-ring (bicyclic) bond motifs is 1. The number of unbranched alkanes of at least 4 members (excludes halogenated alkanes) is 1. The number of aromatic nitrogens is 1. The zero-order valence-electron chi connectivity index (χ0n) is 28.2. The highest BCUT2D eigenvalue weighted by atomic mass is 16.5. The molecule has 46 heavy (non-hydrogen) atoms. The second-order valence-electron chi connectivity index (χ2n) is 13.0. The first kappa shape index (κ1) is 36.5. The maximum absolute atomic E-state index is 14.6. The third-order valence-electron chi connectivity index (χ3n) is 8.87. The number of aryl methyl sites for hydroxylation is 1. The molecule has 0 unspecified atom stereocenters. The summed E-state index contributed by atoms with van der Waals surface area (Å²) < 4.78 is 6.35. The van der Waals surface area contributed by atoms with Gasteiger partial charge in [-0.05, 0) is 69.9 Å². The molecule has 3 rings (SSSR count). The molecule has 1 aliphatic rings. The lowest BCUT2D eigenvalue weighted by Gasteiger charge is -2.43. The van der Waals surface area contributed by atoms with E-state index in [0.717, 1.165) is 29.7 Å². The number of benzene rings is 1. The van der Waals surface area contributed by atoms with E-state index in [9.17, 15) is 29.1 Å². The number of piperidine rings is 1. The van der Waals surface area contributed by atoms with Crippen LogP contribution in [-0.4, -0.2) is 86.7 Å². The molecule has 0 aliphatic carbocycles. The van der Waals surface area contributed by atoms with Crippen LogP contribution in [0.25, 0.3) is 10.9 Å². The number of nitrogens with zero attached hydrogens (tertiary/aromatic N) is 3. The number of rotatable bonds is 12. The van der Waals surface area contributed by atoms with Crippen LogP contribution in [0, 0.1) is 12.8 Å². The number of nitrogens with two attached hydrogens (primary N) is 1. The molecule has 4 amide bonds. The Morgan fingerprint density at radius 3 is 2.35 bits per heavy atom. The average molecular weight is 642 g/mol. The van der Waals surface area contributed by atoms with Crippen LogP contribution < -0.4 is 11.1 Å². The highest BCUT2D eigenvalue weighted by Crippen LogP contribution is 2.30. The molecule has 12 heteroatoms. The summed E-state index contributed by atoms with van der Waals surface area (Å²) in [6.45, 7) is 11.4. The van der Waals surface area contributed by atoms with Crippen molar-refractivity contribution in [2.45, 2.75) is 123 Å². The standard InChI is InChI=1S/C34H51N5O7/c1-8-9-16-27(32(42)43)36-30(40)28(18-24-19-37(34(45)46-7)29-21(4)12-10-15-25(24)29)39(31(41)26(35)17-20(2)3)33(44)38-22(5)13-11-14-23(38)6/h10,12,15,19-20,22-23,26-28H,8-9,11,13-14,16-18,35H2,1-7H3,(H,36,40)(H,42,43)/t22-,23+,26-,27+,28-/m0/s1. The van der Waals surface area contributed by atoms with E-state index in [1.165, 1.54) is 11.7 Å². The predicted molar refractivity (Wildman–Crippen MR) is 175 cm³/mol. The lowest BCUT2D eigenvalue weighted by atomic mass is 9.96. The first-order valence-electron chi connectivity index (χ1n) is 16.3. The van der Waals surface area contributed by atoms with Crippen LogP contribution in [0.5, 0.6) is 0 Å². The van der Waals surface area contributed by atoms with E-state index >= 15 is 0 Å². The van der Waals surface area contributed by atoms with Crippen molar-refractivity contribution in [3.05, 3.63) is 35.5 Å². The largest absolute Gasteiger partial charge is 0.480 e. The van der Waals surface area contributed by atoms with Crippen LogP contribution in [-0.2, 0) is 25.5 Å². The van der Waals surface area contributed by atoms with E-state index in [1.54, 1.807) is 17.2 Å². The summed E-state index contributed by atoms with van der Waals surface area (Å²) in [6, 6.07) is 0.644. The molecule has 2 aromatic rings. The number of carbonyl (C=O) groups is 5. The number of hydrogen-bond donors (Lipinski definition) is 3. The first-order chi connectivity index (χ1) is 21.7. The Labute approximate surface area is 271 Å². The minimum atomic E-state index is -1.46. The fourth-order valence-corrected chi connectivity index (χ4v) is 6.47. The van der Waals surface area contributed by atoms with Gasteiger partial charge in [-0.15, -0.1) is 0 Å². The monoisotopic (exact) mass is 641 g/mol. The van der Waals surface area contributed by atoms with Crippen molar-refractivity contribution >= 4 is 40.8 Å². The van der Waals surface area contributed by atoms with Gasteiger partial charge in [0.1, 0.15) is 12.1 Å². The summed E-state index contributed by atoms with van der Waals surface area (Å²) in [5.74, 6) is -2.68. The SMILES string of the molecule is CCCC[C@@H](NC(=O)[C@H](Cc1cn(C(=O)OC)c2c(C)cccc12)N(C(=O)[C@@H](N)CC(C)C)C(=O)N1[C@H](C)CCC[C@@H]1C)C(=O)O. The summed E-state index contributed by atoms with van der Waals surface area (Å²) in [5.41, 5.74) is 8.27. The topological polar surface area (TPSA) is 164 Å². The number of carboxylic acid groups (broad SMARTS) is 1. The molecule has 2 heterocycles. The molecule has 1 saturated heterocycles. The highest BCUT2D eigenvalue weighted by molar-refractivity contribution is 6.03. The smallest absolute Gasteiger partial charge is 0.418 e. The lowest BCUT2D eigenvalue weighted by Crippen LogP contribution is -2.64. The summed E-state index contributed by atoms with van der Waals surface area (Å²) in [5, 5.41) is 13.2. The number of carboxylic acids is 1. The molecule has 12 nitrogen and oxygen atoms in total. The number of nitrogens with one attached hydrogen (secondary N) is 1.